The predicted octanol–water partition coefficient (Wildman–Crippen LogP) is 13.9. The van der Waals surface area contributed by atoms with Crippen LogP contribution < -0.4 is 0 Å². The fourth-order valence-electron chi connectivity index (χ4n) is 8.59. The monoisotopic (exact) mass is 703 g/mol. The summed E-state index contributed by atoms with van der Waals surface area (Å²) >= 11 is 1.85. The second kappa shape index (κ2) is 11.3. The predicted molar refractivity (Wildman–Crippen MR) is 231 cm³/mol. The quantitative estimate of drug-likeness (QED) is 0.179. The van der Waals surface area contributed by atoms with Gasteiger partial charge in [0, 0.05) is 69.9 Å². The van der Waals surface area contributed by atoms with Crippen LogP contribution in [0.2, 0.25) is 0 Å². The first-order valence-electron chi connectivity index (χ1n) is 18.3. The van der Waals surface area contributed by atoms with E-state index in [4.69, 9.17) is 9.97 Å². The molecule has 0 atom stereocenters. The first-order valence-corrected chi connectivity index (χ1v) is 19.1. The van der Waals surface area contributed by atoms with Gasteiger partial charge in [-0.3, -0.25) is 4.98 Å². The van der Waals surface area contributed by atoms with Gasteiger partial charge < -0.3 is 4.57 Å². The van der Waals surface area contributed by atoms with Crippen molar-refractivity contribution in [3.63, 3.8) is 0 Å². The topological polar surface area (TPSA) is 30.7 Å². The minimum absolute atomic E-state index is 0.925. The van der Waals surface area contributed by atoms with Gasteiger partial charge in [-0.2, -0.15) is 0 Å². The lowest BCUT2D eigenvalue weighted by atomic mass is 10.0. The number of fused-ring (bicyclic) bond motifs is 16. The Morgan fingerprint density at radius 2 is 1.15 bits per heavy atom. The molecule has 0 aliphatic heterocycles. The highest BCUT2D eigenvalue weighted by Gasteiger charge is 2.15. The van der Waals surface area contributed by atoms with Crippen molar-refractivity contribution >= 4 is 107 Å². The number of nitrogens with zero attached hydrogens (tertiary/aromatic N) is 3. The molecule has 0 amide bonds. The van der Waals surface area contributed by atoms with Crippen LogP contribution in [0.1, 0.15) is 0 Å². The summed E-state index contributed by atoms with van der Waals surface area (Å²) in [6.45, 7) is 0. The number of aromatic nitrogens is 3. The molecule has 250 valence electrons. The third-order valence-corrected chi connectivity index (χ3v) is 12.3. The van der Waals surface area contributed by atoms with Crippen LogP contribution >= 0.6 is 11.3 Å². The summed E-state index contributed by atoms with van der Waals surface area (Å²) in [4.78, 5) is 10.7. The zero-order valence-electron chi connectivity index (χ0n) is 29.0. The van der Waals surface area contributed by atoms with Crippen LogP contribution in [-0.4, -0.2) is 14.5 Å². The molecule has 5 aromatic heterocycles. The number of hydrogen-bond acceptors (Lipinski definition) is 3. The van der Waals surface area contributed by atoms with Crippen molar-refractivity contribution in [2.45, 2.75) is 0 Å². The van der Waals surface area contributed by atoms with Gasteiger partial charge >= 0.3 is 0 Å². The van der Waals surface area contributed by atoms with Crippen LogP contribution in [0, 0.1) is 0 Å². The molecule has 7 aromatic carbocycles. The Labute approximate surface area is 313 Å². The summed E-state index contributed by atoms with van der Waals surface area (Å²) in [7, 11) is 0. The number of thiophene rings is 1. The van der Waals surface area contributed by atoms with E-state index < -0.39 is 0 Å². The largest absolute Gasteiger partial charge is 0.309 e. The SMILES string of the molecule is c1ccc(-n2c3ccccc3c3cc(-c4cc5c(cn4)cc4nc5c5cccc(c5)c5cccc(c5)c5ccc6sc7cccc4c7c6c5)ccc32)cc1. The Morgan fingerprint density at radius 1 is 0.426 bits per heavy atom. The molecular formula is C50H29N3S. The van der Waals surface area contributed by atoms with Crippen LogP contribution in [0.4, 0.5) is 0 Å². The Kier molecular flexibility index (Phi) is 6.21. The molecule has 0 spiro atoms. The van der Waals surface area contributed by atoms with Gasteiger partial charge in [0.2, 0.25) is 0 Å². The second-order valence-corrected chi connectivity index (χ2v) is 15.3. The van der Waals surface area contributed by atoms with E-state index in [-0.39, 0.29) is 0 Å². The Balaban J connectivity index is 1.18. The average molecular weight is 704 g/mol. The fraction of sp³-hybridized carbons (Fsp3) is 0. The van der Waals surface area contributed by atoms with Crippen molar-refractivity contribution in [1.29, 1.82) is 0 Å². The van der Waals surface area contributed by atoms with Crippen LogP contribution in [0.5, 0.6) is 0 Å². The summed E-state index contributed by atoms with van der Waals surface area (Å²) < 4.78 is 4.90. The van der Waals surface area contributed by atoms with Crippen LogP contribution in [-0.2, 0) is 0 Å². The summed E-state index contributed by atoms with van der Waals surface area (Å²) in [5, 5.41) is 14.1. The van der Waals surface area contributed by atoms with E-state index in [0.717, 1.165) is 49.5 Å². The zero-order chi connectivity index (χ0) is 35.3. The van der Waals surface area contributed by atoms with Crippen LogP contribution in [0.3, 0.4) is 0 Å². The maximum Gasteiger partial charge on any atom is 0.0789 e. The van der Waals surface area contributed by atoms with Crippen molar-refractivity contribution < 1.29 is 0 Å². The molecule has 12 rings (SSSR count). The average Bonchev–Trinajstić information content (AvgIpc) is 3.78. The van der Waals surface area contributed by atoms with Crippen molar-refractivity contribution in [3.8, 4) is 16.9 Å². The standard InChI is InChI=1S/C50H29N3S/c1-2-13-37(14-3-1)53-45-17-5-4-15-38(45)41-26-34(19-21-46(41)53)43-28-40-36(29-51-43)27-44-39-16-8-18-48-49(39)42-25-33(20-22-47(42)54-48)31-10-6-9-30(23-31)32-11-7-12-35(24-32)50(40)52-44/h1-29H. The van der Waals surface area contributed by atoms with Gasteiger partial charge in [0.25, 0.3) is 0 Å². The fourth-order valence-corrected chi connectivity index (χ4v) is 9.71. The van der Waals surface area contributed by atoms with Gasteiger partial charge in [-0.05, 0) is 94.3 Å². The Morgan fingerprint density at radius 3 is 2.02 bits per heavy atom. The minimum atomic E-state index is 0.925. The van der Waals surface area contributed by atoms with E-state index in [9.17, 15) is 0 Å². The van der Waals surface area contributed by atoms with Crippen LogP contribution in [0.15, 0.2) is 176 Å². The lowest BCUT2D eigenvalue weighted by molar-refractivity contribution is 1.18. The molecule has 4 heteroatoms. The van der Waals surface area contributed by atoms with Crippen molar-refractivity contribution in [3.05, 3.63) is 176 Å². The van der Waals surface area contributed by atoms with E-state index in [1.54, 1.807) is 0 Å². The molecule has 12 aromatic rings. The normalized spacial score (nSPS) is 12.1. The Bertz CT molecular complexity index is 3560. The molecule has 3 nitrogen and oxygen atoms in total. The first-order chi connectivity index (χ1) is 26.7. The summed E-state index contributed by atoms with van der Waals surface area (Å²) in [5.74, 6) is 0. The molecule has 0 N–H and O–H groups in total. The van der Waals surface area contributed by atoms with Gasteiger partial charge in [0.05, 0.1) is 27.8 Å². The molecule has 0 aliphatic rings. The molecule has 0 unspecified atom stereocenters. The molecule has 0 aliphatic carbocycles. The maximum absolute atomic E-state index is 5.56. The first kappa shape index (κ1) is 29.7. The third-order valence-electron chi connectivity index (χ3n) is 11.1. The summed E-state index contributed by atoms with van der Waals surface area (Å²) in [5.41, 5.74) is 7.44. The van der Waals surface area contributed by atoms with Gasteiger partial charge in [0.15, 0.2) is 0 Å². The zero-order valence-corrected chi connectivity index (χ0v) is 29.8. The number of para-hydroxylation sites is 2. The van der Waals surface area contributed by atoms with E-state index in [1.165, 1.54) is 63.5 Å². The lowest BCUT2D eigenvalue weighted by Crippen LogP contribution is -1.93. The number of hydrogen-bond donors (Lipinski definition) is 0. The third kappa shape index (κ3) is 4.41. The minimum Gasteiger partial charge on any atom is -0.309 e. The highest BCUT2D eigenvalue weighted by molar-refractivity contribution is 7.26. The molecule has 5 heterocycles. The summed E-state index contributed by atoms with van der Waals surface area (Å²) in [6, 6.07) is 61.8. The molecule has 0 radical (unpaired) electrons. The van der Waals surface area contributed by atoms with E-state index in [2.05, 4.69) is 174 Å². The molecule has 0 fully saturated rings. The molecule has 0 saturated heterocycles. The van der Waals surface area contributed by atoms with Gasteiger partial charge in [-0.1, -0.05) is 97.1 Å². The molecule has 0 saturated carbocycles. The van der Waals surface area contributed by atoms with Crippen molar-refractivity contribution in [1.82, 2.24) is 14.5 Å². The number of rotatable bonds is 2. The van der Waals surface area contributed by atoms with Gasteiger partial charge in [0.1, 0.15) is 0 Å². The van der Waals surface area contributed by atoms with E-state index in [0.29, 0.717) is 0 Å². The van der Waals surface area contributed by atoms with Gasteiger partial charge in [-0.25, -0.2) is 4.98 Å². The number of pyridine rings is 2. The molecular weight excluding hydrogens is 675 g/mol. The molecule has 8 bridgehead atoms. The lowest BCUT2D eigenvalue weighted by Gasteiger charge is -2.09. The highest BCUT2D eigenvalue weighted by atomic mass is 32.1. The van der Waals surface area contributed by atoms with E-state index in [1.807, 2.05) is 17.5 Å². The second-order valence-electron chi connectivity index (χ2n) is 14.2. The smallest absolute Gasteiger partial charge is 0.0789 e. The Hall–Kier alpha value is -6.88. The van der Waals surface area contributed by atoms with Crippen molar-refractivity contribution in [2.75, 3.05) is 0 Å². The molecule has 54 heavy (non-hydrogen) atoms. The van der Waals surface area contributed by atoms with Crippen LogP contribution in [0.25, 0.3) is 113 Å². The number of benzene rings is 7. The van der Waals surface area contributed by atoms with E-state index >= 15 is 0 Å². The van der Waals surface area contributed by atoms with Crippen molar-refractivity contribution in [2.24, 2.45) is 0 Å². The maximum atomic E-state index is 5.56. The van der Waals surface area contributed by atoms with Gasteiger partial charge in [-0.15, -0.1) is 11.3 Å². The summed E-state index contributed by atoms with van der Waals surface area (Å²) in [6.07, 6.45) is 2.04. The highest BCUT2D eigenvalue weighted by Crippen LogP contribution is 2.40.